The van der Waals surface area contributed by atoms with E-state index in [0.717, 1.165) is 7.11 Å². The van der Waals surface area contributed by atoms with Crippen LogP contribution in [-0.4, -0.2) is 66.3 Å². The highest BCUT2D eigenvalue weighted by atomic mass is 16.6. The summed E-state index contributed by atoms with van der Waals surface area (Å²) >= 11 is 0. The number of nitrogens with one attached hydrogen (secondary N) is 1. The summed E-state index contributed by atoms with van der Waals surface area (Å²) in [5.41, 5.74) is 2.45. The number of carbonyl (C=O) groups is 3. The first-order chi connectivity index (χ1) is 16.6. The number of ketones is 2. The van der Waals surface area contributed by atoms with Gasteiger partial charge in [-0.3, -0.25) is 14.4 Å². The monoisotopic (exact) mass is 480 g/mol. The third kappa shape index (κ3) is 2.86. The molecule has 3 aliphatic carbocycles. The fourth-order valence-electron chi connectivity index (χ4n) is 5.35. The molecule has 1 aromatic carbocycles. The molecule has 2 aromatic rings. The lowest BCUT2D eigenvalue weighted by atomic mass is 9.58. The maximum Gasteiger partial charge on any atom is 0.256 e. The summed E-state index contributed by atoms with van der Waals surface area (Å²) in [5.74, 6) is -7.84. The van der Waals surface area contributed by atoms with E-state index in [0.29, 0.717) is 16.8 Å². The number of fused-ring (bicyclic) bond motifs is 3. The van der Waals surface area contributed by atoms with Crippen LogP contribution in [0.3, 0.4) is 0 Å². The number of H-pyrrole nitrogens is 1. The van der Waals surface area contributed by atoms with E-state index >= 15 is 0 Å². The lowest BCUT2D eigenvalue weighted by Gasteiger charge is -2.45. The molecule has 1 aromatic heterocycles. The second kappa shape index (κ2) is 7.53. The SMILES string of the molecule is CO/N=C1\C(O)=C(C(N)=O)C(=O)[C@@]2(O)C(=O)C3=C(O)c4c(O)ccc(-c5cnc[nH]5)c4C[C@H]3C[C@@H]12. The summed E-state index contributed by atoms with van der Waals surface area (Å²) in [6.45, 7) is 0. The van der Waals surface area contributed by atoms with Gasteiger partial charge < -0.3 is 36.0 Å². The molecule has 3 aliphatic rings. The maximum absolute atomic E-state index is 13.7. The van der Waals surface area contributed by atoms with Crippen LogP contribution in [0.2, 0.25) is 0 Å². The number of amides is 1. The Bertz CT molecular complexity index is 1400. The number of primary amides is 1. The zero-order valence-electron chi connectivity index (χ0n) is 18.3. The molecule has 1 fully saturated rings. The van der Waals surface area contributed by atoms with E-state index in [9.17, 15) is 34.8 Å². The summed E-state index contributed by atoms with van der Waals surface area (Å²) in [5, 5.41) is 47.4. The number of phenolic OH excluding ortho intramolecular Hbond substituents is 1. The largest absolute Gasteiger partial charge is 0.507 e. The zero-order chi connectivity index (χ0) is 25.2. The molecule has 0 radical (unpaired) electrons. The molecule has 0 bridgehead atoms. The van der Waals surface area contributed by atoms with E-state index in [1.54, 1.807) is 12.3 Å². The zero-order valence-corrected chi connectivity index (χ0v) is 18.3. The van der Waals surface area contributed by atoms with Gasteiger partial charge in [-0.15, -0.1) is 0 Å². The highest BCUT2D eigenvalue weighted by molar-refractivity contribution is 6.38. The van der Waals surface area contributed by atoms with Crippen molar-refractivity contribution in [3.63, 3.8) is 0 Å². The van der Waals surface area contributed by atoms with Gasteiger partial charge in [-0.25, -0.2) is 4.98 Å². The van der Waals surface area contributed by atoms with Crippen molar-refractivity contribution in [2.75, 3.05) is 7.11 Å². The number of imidazole rings is 1. The molecule has 0 spiro atoms. The number of oxime groups is 1. The smallest absolute Gasteiger partial charge is 0.256 e. The van der Waals surface area contributed by atoms with Crippen LogP contribution in [0.1, 0.15) is 17.5 Å². The number of aromatic amines is 1. The summed E-state index contributed by atoms with van der Waals surface area (Å²) in [6, 6.07) is 2.98. The van der Waals surface area contributed by atoms with Crippen LogP contribution >= 0.6 is 0 Å². The molecular formula is C23H20N4O8. The van der Waals surface area contributed by atoms with Crippen molar-refractivity contribution >= 4 is 28.9 Å². The predicted molar refractivity (Wildman–Crippen MR) is 119 cm³/mol. The van der Waals surface area contributed by atoms with Gasteiger partial charge in [0.2, 0.25) is 11.6 Å². The standard InChI is InChI=1S/C23H20N4O8/c1-35-27-17-11-5-8-4-10-9(12-6-25-7-26-12)2-3-13(28)15(10)18(29)14(8)20(31)23(11,34)21(32)16(19(17)30)22(24)33/h2-3,6-8,11,28-30,34H,4-5H2,1H3,(H2,24,33)(H,25,26)/b27-17-/t8-,11-,23-/m0/s1. The molecule has 1 heterocycles. The number of carbonyl (C=O) groups excluding carboxylic acids is 3. The quantitative estimate of drug-likeness (QED) is 0.204. The van der Waals surface area contributed by atoms with Crippen LogP contribution in [0.25, 0.3) is 17.0 Å². The molecule has 3 atom stereocenters. The molecule has 7 N–H and O–H groups in total. The number of aromatic hydroxyl groups is 1. The van der Waals surface area contributed by atoms with Crippen molar-refractivity contribution in [2.45, 2.75) is 18.4 Å². The number of hydrogen-bond acceptors (Lipinski definition) is 10. The molecule has 5 rings (SSSR count). The van der Waals surface area contributed by atoms with E-state index in [-0.39, 0.29) is 35.4 Å². The van der Waals surface area contributed by atoms with Gasteiger partial charge in [0.1, 0.15) is 29.9 Å². The summed E-state index contributed by atoms with van der Waals surface area (Å²) in [4.78, 5) is 50.4. The number of aliphatic hydroxyl groups excluding tert-OH is 2. The number of rotatable bonds is 3. The predicted octanol–water partition coefficient (Wildman–Crippen LogP) is 0.426. The summed E-state index contributed by atoms with van der Waals surface area (Å²) in [7, 11) is 1.15. The minimum atomic E-state index is -2.87. The average Bonchev–Trinajstić information content (AvgIpc) is 3.33. The Morgan fingerprint density at radius 1 is 1.23 bits per heavy atom. The Labute approximate surface area is 197 Å². The van der Waals surface area contributed by atoms with Crippen molar-refractivity contribution in [3.8, 4) is 17.0 Å². The van der Waals surface area contributed by atoms with Crippen molar-refractivity contribution in [3.05, 3.63) is 52.7 Å². The second-order valence-corrected chi connectivity index (χ2v) is 8.57. The number of phenols is 1. The van der Waals surface area contributed by atoms with Crippen LogP contribution in [0.5, 0.6) is 5.75 Å². The molecule has 0 unspecified atom stereocenters. The van der Waals surface area contributed by atoms with E-state index < -0.39 is 52.0 Å². The Morgan fingerprint density at radius 2 is 1.97 bits per heavy atom. The summed E-state index contributed by atoms with van der Waals surface area (Å²) in [6.07, 6.45) is 3.04. The van der Waals surface area contributed by atoms with Gasteiger partial charge in [-0.05, 0) is 36.5 Å². The average molecular weight is 480 g/mol. The first kappa shape index (κ1) is 22.3. The van der Waals surface area contributed by atoms with Gasteiger partial charge in [0.15, 0.2) is 11.4 Å². The third-order valence-corrected chi connectivity index (χ3v) is 6.86. The molecule has 0 saturated heterocycles. The molecule has 12 nitrogen and oxygen atoms in total. The van der Waals surface area contributed by atoms with Gasteiger partial charge in [-0.2, -0.15) is 0 Å². The lowest BCUT2D eigenvalue weighted by molar-refractivity contribution is -0.153. The van der Waals surface area contributed by atoms with Gasteiger partial charge in [0.25, 0.3) is 5.91 Å². The minimum Gasteiger partial charge on any atom is -0.507 e. The third-order valence-electron chi connectivity index (χ3n) is 6.86. The Hall–Kier alpha value is -4.45. The molecular weight excluding hydrogens is 460 g/mol. The van der Waals surface area contributed by atoms with Crippen LogP contribution < -0.4 is 5.73 Å². The Kier molecular flexibility index (Phi) is 4.81. The first-order valence-electron chi connectivity index (χ1n) is 10.6. The van der Waals surface area contributed by atoms with Crippen molar-refractivity contribution < 1.29 is 39.6 Å². The summed E-state index contributed by atoms with van der Waals surface area (Å²) < 4.78 is 0. The fourth-order valence-corrected chi connectivity index (χ4v) is 5.35. The van der Waals surface area contributed by atoms with Gasteiger partial charge in [-0.1, -0.05) is 5.16 Å². The molecule has 1 saturated carbocycles. The van der Waals surface area contributed by atoms with E-state index in [1.165, 1.54) is 12.4 Å². The molecule has 1 amide bonds. The number of aromatic nitrogens is 2. The fraction of sp³-hybridized carbons (Fsp3) is 0.261. The molecule has 180 valence electrons. The van der Waals surface area contributed by atoms with Crippen LogP contribution in [0.4, 0.5) is 0 Å². The number of Topliss-reactive ketones (excluding diaryl/α,β-unsaturated/α-hetero) is 2. The van der Waals surface area contributed by atoms with Gasteiger partial charge in [0, 0.05) is 11.1 Å². The van der Waals surface area contributed by atoms with Crippen LogP contribution in [0.15, 0.2) is 46.7 Å². The van der Waals surface area contributed by atoms with Crippen molar-refractivity contribution in [1.29, 1.82) is 0 Å². The number of benzene rings is 1. The second-order valence-electron chi connectivity index (χ2n) is 8.57. The number of allylic oxidation sites excluding steroid dienone is 1. The maximum atomic E-state index is 13.7. The number of hydrogen-bond donors (Lipinski definition) is 6. The molecule has 0 aliphatic heterocycles. The normalized spacial score (nSPS) is 27.0. The van der Waals surface area contributed by atoms with E-state index in [2.05, 4.69) is 15.1 Å². The number of nitrogens with zero attached hydrogens (tertiary/aromatic N) is 2. The highest BCUT2D eigenvalue weighted by Crippen LogP contribution is 2.51. The Balaban J connectivity index is 1.74. The molecule has 12 heteroatoms. The molecule has 35 heavy (non-hydrogen) atoms. The first-order valence-corrected chi connectivity index (χ1v) is 10.6. The minimum absolute atomic E-state index is 0.0127. The highest BCUT2D eigenvalue weighted by Gasteiger charge is 2.64. The van der Waals surface area contributed by atoms with Gasteiger partial charge in [0.05, 0.1) is 29.7 Å². The number of nitrogens with two attached hydrogens (primary N) is 1. The Morgan fingerprint density at radius 3 is 2.60 bits per heavy atom. The van der Waals surface area contributed by atoms with E-state index in [1.807, 2.05) is 0 Å². The number of aliphatic hydroxyl groups is 3. The topological polar surface area (TPSA) is 208 Å². The van der Waals surface area contributed by atoms with E-state index in [4.69, 9.17) is 10.6 Å². The lowest BCUT2D eigenvalue weighted by Crippen LogP contribution is -2.64. The van der Waals surface area contributed by atoms with Crippen LogP contribution in [0, 0.1) is 11.8 Å². The van der Waals surface area contributed by atoms with Crippen molar-refractivity contribution in [1.82, 2.24) is 9.97 Å². The van der Waals surface area contributed by atoms with Gasteiger partial charge >= 0.3 is 0 Å². The van der Waals surface area contributed by atoms with Crippen molar-refractivity contribution in [2.24, 2.45) is 22.7 Å². The van der Waals surface area contributed by atoms with Crippen LogP contribution in [-0.2, 0) is 25.6 Å².